The summed E-state index contributed by atoms with van der Waals surface area (Å²) in [6, 6.07) is 11.7. The van der Waals surface area contributed by atoms with E-state index in [0.29, 0.717) is 11.6 Å². The Hall–Kier alpha value is -2.07. The second-order valence-electron chi connectivity index (χ2n) is 6.69. The van der Waals surface area contributed by atoms with Gasteiger partial charge in [0.05, 0.1) is 5.02 Å². The van der Waals surface area contributed by atoms with Gasteiger partial charge in [-0.25, -0.2) is 4.98 Å². The lowest BCUT2D eigenvalue weighted by atomic mass is 10.2. The smallest absolute Gasteiger partial charge is 0.221 e. The maximum atomic E-state index is 11.2. The number of amides is 1. The third-order valence-corrected chi connectivity index (χ3v) is 4.79. The van der Waals surface area contributed by atoms with Gasteiger partial charge < -0.3 is 20.9 Å². The molecular weight excluding hydrogens is 503 g/mol. The van der Waals surface area contributed by atoms with Crippen molar-refractivity contribution in [1.29, 1.82) is 0 Å². The molecule has 1 saturated heterocycles. The first-order chi connectivity index (χ1) is 13.5. The summed E-state index contributed by atoms with van der Waals surface area (Å²) in [5.74, 6) is 1.48. The number of carbonyl (C=O) groups excluding carboxylic acids is 1. The largest absolute Gasteiger partial charge is 0.353 e. The van der Waals surface area contributed by atoms with E-state index in [1.54, 1.807) is 13.2 Å². The highest BCUT2D eigenvalue weighted by Gasteiger charge is 2.25. The predicted molar refractivity (Wildman–Crippen MR) is 129 cm³/mol. The molecule has 9 heteroatoms. The van der Waals surface area contributed by atoms with E-state index in [4.69, 9.17) is 11.6 Å². The van der Waals surface area contributed by atoms with Crippen molar-refractivity contribution < 1.29 is 4.79 Å². The molecule has 1 atom stereocenters. The molecule has 1 aliphatic heterocycles. The number of benzene rings is 1. The summed E-state index contributed by atoms with van der Waals surface area (Å²) in [7, 11) is 1.76. The van der Waals surface area contributed by atoms with E-state index in [0.717, 1.165) is 42.5 Å². The minimum atomic E-state index is -0.0821. The third-order valence-electron chi connectivity index (χ3n) is 4.50. The Labute approximate surface area is 193 Å². The fourth-order valence-electron chi connectivity index (χ4n) is 3.22. The molecule has 1 aromatic heterocycles. The molecule has 0 aliphatic carbocycles. The molecule has 0 bridgehead atoms. The molecule has 1 unspecified atom stereocenters. The number of aromatic nitrogens is 1. The van der Waals surface area contributed by atoms with Crippen LogP contribution in [0.1, 0.15) is 18.9 Å². The molecule has 1 aliphatic rings. The van der Waals surface area contributed by atoms with Crippen LogP contribution in [0, 0.1) is 0 Å². The summed E-state index contributed by atoms with van der Waals surface area (Å²) >= 11 is 6.26. The number of nitrogens with one attached hydrogen (secondary N) is 3. The summed E-state index contributed by atoms with van der Waals surface area (Å²) in [6.45, 7) is 3.81. The molecule has 0 saturated carbocycles. The molecule has 1 fully saturated rings. The van der Waals surface area contributed by atoms with Crippen molar-refractivity contribution >= 4 is 58.9 Å². The van der Waals surface area contributed by atoms with Crippen LogP contribution in [0.5, 0.6) is 0 Å². The van der Waals surface area contributed by atoms with Crippen LogP contribution in [-0.2, 0) is 11.3 Å². The monoisotopic (exact) mass is 528 g/mol. The Bertz CT molecular complexity index is 862. The molecule has 3 N–H and O–H groups in total. The number of hydrogen-bond acceptors (Lipinski definition) is 4. The summed E-state index contributed by atoms with van der Waals surface area (Å²) in [5, 5.41) is 10.3. The molecule has 1 amide bonds. The number of guanidine groups is 1. The minimum Gasteiger partial charge on any atom is -0.353 e. The van der Waals surface area contributed by atoms with Gasteiger partial charge in [0, 0.05) is 51.5 Å². The Kier molecular flexibility index (Phi) is 8.97. The van der Waals surface area contributed by atoms with Crippen LogP contribution in [0.2, 0.25) is 5.02 Å². The van der Waals surface area contributed by atoms with E-state index in [2.05, 4.69) is 30.8 Å². The molecule has 0 spiro atoms. The van der Waals surface area contributed by atoms with Crippen molar-refractivity contribution in [3.63, 3.8) is 0 Å². The Morgan fingerprint density at radius 3 is 2.90 bits per heavy atom. The first kappa shape index (κ1) is 23.2. The Morgan fingerprint density at radius 2 is 2.17 bits per heavy atom. The van der Waals surface area contributed by atoms with Gasteiger partial charge in [0.25, 0.3) is 0 Å². The highest BCUT2D eigenvalue weighted by Crippen LogP contribution is 2.25. The normalized spacial score (nSPS) is 16.2. The lowest BCUT2D eigenvalue weighted by Gasteiger charge is -2.20. The number of anilines is 2. The maximum absolute atomic E-state index is 11.2. The first-order valence-electron chi connectivity index (χ1n) is 9.24. The number of halogens is 2. The predicted octanol–water partition coefficient (Wildman–Crippen LogP) is 3.26. The van der Waals surface area contributed by atoms with Crippen LogP contribution >= 0.6 is 35.6 Å². The molecule has 2 aromatic rings. The summed E-state index contributed by atoms with van der Waals surface area (Å²) < 4.78 is 0. The van der Waals surface area contributed by atoms with Crippen molar-refractivity contribution in [3.05, 3.63) is 53.2 Å². The van der Waals surface area contributed by atoms with Crippen LogP contribution in [0.3, 0.4) is 0 Å². The minimum absolute atomic E-state index is 0. The first-order valence-corrected chi connectivity index (χ1v) is 9.62. The van der Waals surface area contributed by atoms with E-state index in [1.165, 1.54) is 6.92 Å². The Balaban J connectivity index is 0.00000300. The van der Waals surface area contributed by atoms with Gasteiger partial charge in [-0.3, -0.25) is 9.79 Å². The third kappa shape index (κ3) is 6.74. The molecule has 3 rings (SSSR count). The van der Waals surface area contributed by atoms with Crippen LogP contribution in [0.25, 0.3) is 0 Å². The van der Waals surface area contributed by atoms with Gasteiger partial charge in [0.1, 0.15) is 5.82 Å². The average Bonchev–Trinajstić information content (AvgIpc) is 3.13. The molecule has 156 valence electrons. The molecule has 29 heavy (non-hydrogen) atoms. The van der Waals surface area contributed by atoms with Gasteiger partial charge in [-0.2, -0.15) is 0 Å². The van der Waals surface area contributed by atoms with Crippen molar-refractivity contribution in [2.75, 3.05) is 30.4 Å². The molecule has 1 aromatic carbocycles. The number of hydrogen-bond donors (Lipinski definition) is 3. The molecular formula is C20H26ClIN6O. The topological polar surface area (TPSA) is 81.6 Å². The highest BCUT2D eigenvalue weighted by molar-refractivity contribution is 14.0. The van der Waals surface area contributed by atoms with Gasteiger partial charge in [0.2, 0.25) is 5.91 Å². The zero-order valence-corrected chi connectivity index (χ0v) is 19.6. The molecule has 7 nitrogen and oxygen atoms in total. The number of rotatable bonds is 5. The van der Waals surface area contributed by atoms with Crippen molar-refractivity contribution in [3.8, 4) is 0 Å². The average molecular weight is 529 g/mol. The number of aliphatic imine (C=N–C) groups is 1. The van der Waals surface area contributed by atoms with Crippen LogP contribution in [0.4, 0.5) is 11.5 Å². The van der Waals surface area contributed by atoms with Gasteiger partial charge in [0.15, 0.2) is 5.96 Å². The molecule has 2 heterocycles. The fraction of sp³-hybridized carbons (Fsp3) is 0.350. The SMILES string of the molecule is CN=C(NCc1cccc(NC(C)=O)c1)NC1CCN(c2ncccc2Cl)C1.I. The van der Waals surface area contributed by atoms with Gasteiger partial charge in [-0.1, -0.05) is 23.7 Å². The second-order valence-corrected chi connectivity index (χ2v) is 7.10. The summed E-state index contributed by atoms with van der Waals surface area (Å²) in [5.41, 5.74) is 1.84. The van der Waals surface area contributed by atoms with Gasteiger partial charge in [-0.15, -0.1) is 24.0 Å². The van der Waals surface area contributed by atoms with E-state index in [-0.39, 0.29) is 35.9 Å². The van der Waals surface area contributed by atoms with Crippen LogP contribution in [0.15, 0.2) is 47.6 Å². The maximum Gasteiger partial charge on any atom is 0.221 e. The van der Waals surface area contributed by atoms with Crippen molar-refractivity contribution in [2.24, 2.45) is 4.99 Å². The van der Waals surface area contributed by atoms with E-state index in [9.17, 15) is 4.79 Å². The second kappa shape index (κ2) is 11.2. The van der Waals surface area contributed by atoms with Crippen molar-refractivity contribution in [1.82, 2.24) is 15.6 Å². The fourth-order valence-corrected chi connectivity index (χ4v) is 3.46. The zero-order chi connectivity index (χ0) is 19.9. The van der Waals surface area contributed by atoms with E-state index < -0.39 is 0 Å². The number of carbonyl (C=O) groups is 1. The van der Waals surface area contributed by atoms with E-state index in [1.807, 2.05) is 36.4 Å². The lowest BCUT2D eigenvalue weighted by Crippen LogP contribution is -2.44. The summed E-state index contributed by atoms with van der Waals surface area (Å²) in [6.07, 6.45) is 2.74. The van der Waals surface area contributed by atoms with Gasteiger partial charge >= 0.3 is 0 Å². The summed E-state index contributed by atoms with van der Waals surface area (Å²) in [4.78, 5) is 22.1. The lowest BCUT2D eigenvalue weighted by molar-refractivity contribution is -0.114. The quantitative estimate of drug-likeness (QED) is 0.315. The number of pyridine rings is 1. The zero-order valence-electron chi connectivity index (χ0n) is 16.5. The Morgan fingerprint density at radius 1 is 1.34 bits per heavy atom. The van der Waals surface area contributed by atoms with Crippen LogP contribution in [-0.4, -0.2) is 43.0 Å². The molecule has 0 radical (unpaired) electrons. The van der Waals surface area contributed by atoms with E-state index >= 15 is 0 Å². The van der Waals surface area contributed by atoms with Crippen LogP contribution < -0.4 is 20.9 Å². The standard InChI is InChI=1S/C20H25ClN6O.HI/c1-14(28)25-16-6-3-5-15(11-16)12-24-20(22-2)26-17-8-10-27(13-17)19-18(21)7-4-9-23-19;/h3-7,9,11,17H,8,10,12-13H2,1-2H3,(H,25,28)(H2,22,24,26);1H. The number of nitrogens with zero attached hydrogens (tertiary/aromatic N) is 3. The van der Waals surface area contributed by atoms with Gasteiger partial charge in [-0.05, 0) is 36.2 Å². The highest BCUT2D eigenvalue weighted by atomic mass is 127. The van der Waals surface area contributed by atoms with Crippen molar-refractivity contribution in [2.45, 2.75) is 25.9 Å².